The molecule has 0 radical (unpaired) electrons. The Morgan fingerprint density at radius 1 is 1.54 bits per heavy atom. The maximum absolute atomic E-state index is 11.1. The molecule has 2 amide bonds. The maximum atomic E-state index is 11.1. The van der Waals surface area contributed by atoms with E-state index in [1.807, 2.05) is 6.92 Å². The first-order valence-electron chi connectivity index (χ1n) is 4.96. The molecule has 76 valence electrons. The molecule has 1 saturated heterocycles. The van der Waals surface area contributed by atoms with Crippen molar-refractivity contribution in [2.75, 3.05) is 26.7 Å². The summed E-state index contributed by atoms with van der Waals surface area (Å²) in [6.07, 6.45) is 2.45. The fraction of sp³-hybridized carbons (Fsp3) is 0.889. The Hall–Kier alpha value is -0.770. The number of carbonyl (C=O) groups excluding carboxylic acids is 1. The van der Waals surface area contributed by atoms with Gasteiger partial charge in [0.1, 0.15) is 0 Å². The summed E-state index contributed by atoms with van der Waals surface area (Å²) in [6.45, 7) is 4.53. The van der Waals surface area contributed by atoms with E-state index in [2.05, 4.69) is 22.6 Å². The SMILES string of the molecule is CCNC(=O)NC[C@@H]1CCCN1C. The van der Waals surface area contributed by atoms with Crippen LogP contribution in [0.15, 0.2) is 0 Å². The molecule has 1 atom stereocenters. The summed E-state index contributed by atoms with van der Waals surface area (Å²) in [7, 11) is 2.11. The Morgan fingerprint density at radius 3 is 2.85 bits per heavy atom. The first-order chi connectivity index (χ1) is 6.24. The number of amides is 2. The van der Waals surface area contributed by atoms with Crippen molar-refractivity contribution in [2.24, 2.45) is 0 Å². The van der Waals surface area contributed by atoms with Gasteiger partial charge in [0.25, 0.3) is 0 Å². The molecule has 1 fully saturated rings. The van der Waals surface area contributed by atoms with Gasteiger partial charge >= 0.3 is 6.03 Å². The number of carbonyl (C=O) groups is 1. The molecule has 0 aromatic carbocycles. The molecule has 0 bridgehead atoms. The van der Waals surface area contributed by atoms with Gasteiger partial charge in [0.2, 0.25) is 0 Å². The van der Waals surface area contributed by atoms with Crippen molar-refractivity contribution in [2.45, 2.75) is 25.8 Å². The highest BCUT2D eigenvalue weighted by molar-refractivity contribution is 5.73. The van der Waals surface area contributed by atoms with Crippen LogP contribution in [0.3, 0.4) is 0 Å². The Morgan fingerprint density at radius 2 is 2.31 bits per heavy atom. The predicted molar refractivity (Wildman–Crippen MR) is 52.7 cm³/mol. The standard InChI is InChI=1S/C9H19N3O/c1-3-10-9(13)11-7-8-5-4-6-12(8)2/h8H,3-7H2,1-2H3,(H2,10,11,13)/t8-/m0/s1. The average molecular weight is 185 g/mol. The zero-order valence-electron chi connectivity index (χ0n) is 8.47. The van der Waals surface area contributed by atoms with Gasteiger partial charge in [0, 0.05) is 19.1 Å². The Labute approximate surface area is 79.7 Å². The quantitative estimate of drug-likeness (QED) is 0.668. The molecular weight excluding hydrogens is 166 g/mol. The summed E-state index contributed by atoms with van der Waals surface area (Å²) < 4.78 is 0. The van der Waals surface area contributed by atoms with Crippen molar-refractivity contribution < 1.29 is 4.79 Å². The van der Waals surface area contributed by atoms with Crippen molar-refractivity contribution in [1.82, 2.24) is 15.5 Å². The molecule has 1 aliphatic heterocycles. The normalized spacial score (nSPS) is 23.1. The van der Waals surface area contributed by atoms with Crippen molar-refractivity contribution in [3.05, 3.63) is 0 Å². The minimum atomic E-state index is -0.0530. The highest BCUT2D eigenvalue weighted by atomic mass is 16.2. The number of urea groups is 1. The van der Waals surface area contributed by atoms with Crippen LogP contribution in [-0.2, 0) is 0 Å². The predicted octanol–water partition coefficient (Wildman–Crippen LogP) is 0.400. The topological polar surface area (TPSA) is 44.4 Å². The van der Waals surface area contributed by atoms with E-state index in [0.29, 0.717) is 12.6 Å². The zero-order valence-corrected chi connectivity index (χ0v) is 8.47. The van der Waals surface area contributed by atoms with E-state index >= 15 is 0 Å². The van der Waals surface area contributed by atoms with E-state index in [-0.39, 0.29) is 6.03 Å². The molecule has 0 saturated carbocycles. The first-order valence-corrected chi connectivity index (χ1v) is 4.96. The molecule has 1 aliphatic rings. The summed E-state index contributed by atoms with van der Waals surface area (Å²) in [5.41, 5.74) is 0. The number of hydrogen-bond acceptors (Lipinski definition) is 2. The molecule has 0 aromatic rings. The highest BCUT2D eigenvalue weighted by Crippen LogP contribution is 2.13. The summed E-state index contributed by atoms with van der Waals surface area (Å²) in [5.74, 6) is 0. The second kappa shape index (κ2) is 5.07. The van der Waals surface area contributed by atoms with Crippen molar-refractivity contribution in [3.63, 3.8) is 0 Å². The van der Waals surface area contributed by atoms with Crippen molar-refractivity contribution >= 4 is 6.03 Å². The lowest BCUT2D eigenvalue weighted by atomic mass is 10.2. The number of likely N-dealkylation sites (tertiary alicyclic amines) is 1. The number of likely N-dealkylation sites (N-methyl/N-ethyl adjacent to an activating group) is 1. The van der Waals surface area contributed by atoms with Crippen molar-refractivity contribution in [1.29, 1.82) is 0 Å². The smallest absolute Gasteiger partial charge is 0.314 e. The lowest BCUT2D eigenvalue weighted by Crippen LogP contribution is -2.42. The summed E-state index contributed by atoms with van der Waals surface area (Å²) in [5, 5.41) is 5.58. The molecule has 4 heteroatoms. The summed E-state index contributed by atoms with van der Waals surface area (Å²) in [4.78, 5) is 13.4. The third-order valence-corrected chi connectivity index (χ3v) is 2.51. The van der Waals surface area contributed by atoms with E-state index in [9.17, 15) is 4.79 Å². The van der Waals surface area contributed by atoms with Crippen LogP contribution in [0, 0.1) is 0 Å². The van der Waals surface area contributed by atoms with E-state index in [0.717, 1.165) is 13.1 Å². The van der Waals surface area contributed by atoms with E-state index < -0.39 is 0 Å². The van der Waals surface area contributed by atoms with Gasteiger partial charge in [0.05, 0.1) is 0 Å². The molecule has 13 heavy (non-hydrogen) atoms. The molecule has 0 aromatic heterocycles. The van der Waals surface area contributed by atoms with Crippen LogP contribution >= 0.6 is 0 Å². The molecular formula is C9H19N3O. The summed E-state index contributed by atoms with van der Waals surface area (Å²) >= 11 is 0. The van der Waals surface area contributed by atoms with Gasteiger partial charge in [-0.3, -0.25) is 0 Å². The van der Waals surface area contributed by atoms with Crippen LogP contribution in [0.5, 0.6) is 0 Å². The van der Waals surface area contributed by atoms with Gasteiger partial charge in [-0.15, -0.1) is 0 Å². The van der Waals surface area contributed by atoms with Crippen LogP contribution in [0.1, 0.15) is 19.8 Å². The van der Waals surface area contributed by atoms with Gasteiger partial charge in [-0.25, -0.2) is 4.79 Å². The number of nitrogens with one attached hydrogen (secondary N) is 2. The second-order valence-electron chi connectivity index (χ2n) is 3.52. The number of hydrogen-bond donors (Lipinski definition) is 2. The van der Waals surface area contributed by atoms with Crippen LogP contribution in [0.4, 0.5) is 4.79 Å². The van der Waals surface area contributed by atoms with Gasteiger partial charge in [-0.2, -0.15) is 0 Å². The number of nitrogens with zero attached hydrogens (tertiary/aromatic N) is 1. The second-order valence-corrected chi connectivity index (χ2v) is 3.52. The van der Waals surface area contributed by atoms with Crippen LogP contribution < -0.4 is 10.6 Å². The van der Waals surface area contributed by atoms with E-state index in [1.54, 1.807) is 0 Å². The van der Waals surface area contributed by atoms with Gasteiger partial charge in [-0.05, 0) is 33.4 Å². The zero-order chi connectivity index (χ0) is 9.68. The van der Waals surface area contributed by atoms with Crippen molar-refractivity contribution in [3.8, 4) is 0 Å². The average Bonchev–Trinajstić information content (AvgIpc) is 2.48. The Bertz CT molecular complexity index is 172. The highest BCUT2D eigenvalue weighted by Gasteiger charge is 2.20. The fourth-order valence-corrected chi connectivity index (χ4v) is 1.67. The largest absolute Gasteiger partial charge is 0.338 e. The monoisotopic (exact) mass is 185 g/mol. The van der Waals surface area contributed by atoms with Gasteiger partial charge < -0.3 is 15.5 Å². The third-order valence-electron chi connectivity index (χ3n) is 2.51. The summed E-state index contributed by atoms with van der Waals surface area (Å²) in [6, 6.07) is 0.477. The molecule has 1 heterocycles. The molecule has 0 unspecified atom stereocenters. The van der Waals surface area contributed by atoms with Crippen LogP contribution in [-0.4, -0.2) is 43.7 Å². The third kappa shape index (κ3) is 3.22. The fourth-order valence-electron chi connectivity index (χ4n) is 1.67. The molecule has 4 nitrogen and oxygen atoms in total. The lowest BCUT2D eigenvalue weighted by molar-refractivity contribution is 0.235. The Kier molecular flexibility index (Phi) is 4.02. The minimum Gasteiger partial charge on any atom is -0.338 e. The number of rotatable bonds is 3. The molecule has 2 N–H and O–H groups in total. The molecule has 1 rings (SSSR count). The minimum absolute atomic E-state index is 0.0530. The van der Waals surface area contributed by atoms with Crippen LogP contribution in [0.2, 0.25) is 0 Å². The lowest BCUT2D eigenvalue weighted by Gasteiger charge is -2.19. The van der Waals surface area contributed by atoms with E-state index in [4.69, 9.17) is 0 Å². The first kappa shape index (κ1) is 10.3. The van der Waals surface area contributed by atoms with Gasteiger partial charge in [-0.1, -0.05) is 0 Å². The Balaban J connectivity index is 2.14. The molecule has 0 spiro atoms. The van der Waals surface area contributed by atoms with Crippen LogP contribution in [0.25, 0.3) is 0 Å². The van der Waals surface area contributed by atoms with E-state index in [1.165, 1.54) is 12.8 Å². The maximum Gasteiger partial charge on any atom is 0.314 e. The molecule has 0 aliphatic carbocycles. The van der Waals surface area contributed by atoms with Gasteiger partial charge in [0.15, 0.2) is 0 Å².